The van der Waals surface area contributed by atoms with E-state index in [-0.39, 0.29) is 34.6 Å². The maximum Gasteiger partial charge on any atom is 0.171 e. The van der Waals surface area contributed by atoms with E-state index in [1.54, 1.807) is 12.1 Å². The van der Waals surface area contributed by atoms with Gasteiger partial charge in [-0.3, -0.25) is 0 Å². The van der Waals surface area contributed by atoms with Gasteiger partial charge in [-0.2, -0.15) is 0 Å². The van der Waals surface area contributed by atoms with Crippen LogP contribution in [0.1, 0.15) is 12.5 Å². The zero-order valence-electron chi connectivity index (χ0n) is 11.5. The van der Waals surface area contributed by atoms with Gasteiger partial charge in [0.05, 0.1) is 29.5 Å². The molecule has 0 aliphatic carbocycles. The minimum Gasteiger partial charge on any atom is -0.409 e. The molecule has 21 heavy (non-hydrogen) atoms. The molecule has 1 saturated heterocycles. The van der Waals surface area contributed by atoms with E-state index in [1.165, 1.54) is 0 Å². The Kier molecular flexibility index (Phi) is 5.02. The zero-order chi connectivity index (χ0) is 15.6. The monoisotopic (exact) mass is 361 g/mol. The lowest BCUT2D eigenvalue weighted by atomic mass is 10.1. The van der Waals surface area contributed by atoms with Crippen molar-refractivity contribution in [3.8, 4) is 0 Å². The first kappa shape index (κ1) is 16.0. The van der Waals surface area contributed by atoms with E-state index in [1.807, 2.05) is 11.8 Å². The van der Waals surface area contributed by atoms with Crippen LogP contribution in [0, 0.1) is 5.82 Å². The fourth-order valence-corrected chi connectivity index (χ4v) is 2.81. The Morgan fingerprint density at radius 1 is 1.62 bits per heavy atom. The predicted octanol–water partition coefficient (Wildman–Crippen LogP) is 1.27. The van der Waals surface area contributed by atoms with Crippen LogP contribution in [0.5, 0.6) is 0 Å². The van der Waals surface area contributed by atoms with E-state index >= 15 is 0 Å². The summed E-state index contributed by atoms with van der Waals surface area (Å²) >= 11 is 3.14. The lowest BCUT2D eigenvalue weighted by Crippen LogP contribution is -2.50. The molecule has 6 nitrogen and oxygen atoms in total. The summed E-state index contributed by atoms with van der Waals surface area (Å²) in [7, 11) is 0. The molecular weight excluding hydrogens is 345 g/mol. The maximum absolute atomic E-state index is 14.6. The van der Waals surface area contributed by atoms with Crippen molar-refractivity contribution in [2.75, 3.05) is 24.7 Å². The highest BCUT2D eigenvalue weighted by atomic mass is 79.9. The maximum atomic E-state index is 14.6. The first-order valence-electron chi connectivity index (χ1n) is 6.44. The smallest absolute Gasteiger partial charge is 0.171 e. The third-order valence-corrected chi connectivity index (χ3v) is 4.24. The quantitative estimate of drug-likeness (QED) is 0.326. The van der Waals surface area contributed by atoms with Gasteiger partial charge >= 0.3 is 0 Å². The third kappa shape index (κ3) is 3.12. The predicted molar refractivity (Wildman–Crippen MR) is 80.2 cm³/mol. The van der Waals surface area contributed by atoms with Gasteiger partial charge in [0, 0.05) is 18.2 Å². The van der Waals surface area contributed by atoms with Crippen LogP contribution in [0.25, 0.3) is 0 Å². The number of hydrogen-bond acceptors (Lipinski definition) is 5. The first-order valence-corrected chi connectivity index (χ1v) is 7.23. The summed E-state index contributed by atoms with van der Waals surface area (Å²) < 4.78 is 20.1. The van der Waals surface area contributed by atoms with Crippen molar-refractivity contribution in [3.05, 3.63) is 28.0 Å². The molecule has 0 bridgehead atoms. The van der Waals surface area contributed by atoms with Gasteiger partial charge in [-0.05, 0) is 35.0 Å². The third-order valence-electron chi connectivity index (χ3n) is 3.46. The number of amidine groups is 1. The van der Waals surface area contributed by atoms with Crippen LogP contribution in [-0.2, 0) is 4.74 Å². The second-order valence-electron chi connectivity index (χ2n) is 4.88. The fourth-order valence-electron chi connectivity index (χ4n) is 2.28. The number of rotatable bonds is 3. The van der Waals surface area contributed by atoms with Gasteiger partial charge in [0.1, 0.15) is 0 Å². The number of ether oxygens (including phenoxy) is 1. The molecule has 0 amide bonds. The summed E-state index contributed by atoms with van der Waals surface area (Å²) in [6.07, 6.45) is -0.344. The Hall–Kier alpha value is -1.38. The standard InChI is InChI=1S/C13H17BrFN3O3/c1-7-6-21-8(5-19)4-18(7)10-3-2-9(13(16)17-20)11(14)12(10)15/h2-3,7-8,19-20H,4-6H2,1H3,(H2,16,17). The van der Waals surface area contributed by atoms with Crippen molar-refractivity contribution in [3.63, 3.8) is 0 Å². The zero-order valence-corrected chi connectivity index (χ0v) is 13.0. The Labute approximate surface area is 130 Å². The number of aliphatic hydroxyl groups is 1. The van der Waals surface area contributed by atoms with Gasteiger partial charge in [0.25, 0.3) is 0 Å². The summed E-state index contributed by atoms with van der Waals surface area (Å²) in [6, 6.07) is 3.13. The number of halogens is 2. The minimum atomic E-state index is -0.496. The molecule has 8 heteroatoms. The Bertz CT molecular complexity index is 556. The van der Waals surface area contributed by atoms with E-state index in [9.17, 15) is 9.50 Å². The molecule has 2 atom stereocenters. The normalized spacial score (nSPS) is 23.4. The van der Waals surface area contributed by atoms with Crippen LogP contribution in [-0.4, -0.2) is 48.1 Å². The van der Waals surface area contributed by atoms with Crippen molar-refractivity contribution >= 4 is 27.5 Å². The summed E-state index contributed by atoms with van der Waals surface area (Å²) in [6.45, 7) is 2.60. The molecule has 0 aromatic heterocycles. The van der Waals surface area contributed by atoms with Gasteiger partial charge in [-0.1, -0.05) is 5.16 Å². The molecule has 2 rings (SSSR count). The Morgan fingerprint density at radius 3 is 2.95 bits per heavy atom. The Balaban J connectivity index is 2.38. The molecule has 1 aromatic carbocycles. The van der Waals surface area contributed by atoms with Crippen molar-refractivity contribution in [2.45, 2.75) is 19.1 Å². The van der Waals surface area contributed by atoms with Crippen LogP contribution in [0.2, 0.25) is 0 Å². The number of aliphatic hydroxyl groups excluding tert-OH is 1. The number of anilines is 1. The van der Waals surface area contributed by atoms with Crippen molar-refractivity contribution in [2.24, 2.45) is 10.9 Å². The molecular formula is C13H17BrFN3O3. The number of morpholine rings is 1. The number of hydrogen-bond donors (Lipinski definition) is 3. The average molecular weight is 362 g/mol. The SMILES string of the molecule is CC1COC(CO)CN1c1ccc(/C(N)=N/O)c(Br)c1F. The van der Waals surface area contributed by atoms with Crippen LogP contribution >= 0.6 is 15.9 Å². The van der Waals surface area contributed by atoms with Crippen LogP contribution in [0.15, 0.2) is 21.8 Å². The van der Waals surface area contributed by atoms with E-state index in [0.29, 0.717) is 18.8 Å². The molecule has 4 N–H and O–H groups in total. The molecule has 1 aliphatic heterocycles. The van der Waals surface area contributed by atoms with Crippen LogP contribution in [0.3, 0.4) is 0 Å². The van der Waals surface area contributed by atoms with Crippen molar-refractivity contribution in [1.82, 2.24) is 0 Å². The second kappa shape index (κ2) is 6.59. The topological polar surface area (TPSA) is 91.3 Å². The molecule has 0 saturated carbocycles. The molecule has 0 radical (unpaired) electrons. The molecule has 1 aromatic rings. The number of nitrogens with zero attached hydrogens (tertiary/aromatic N) is 2. The van der Waals surface area contributed by atoms with E-state index in [4.69, 9.17) is 15.7 Å². The summed E-state index contributed by atoms with van der Waals surface area (Å²) in [4.78, 5) is 1.83. The highest BCUT2D eigenvalue weighted by Gasteiger charge is 2.28. The summed E-state index contributed by atoms with van der Waals surface area (Å²) in [5.41, 5.74) is 6.16. The average Bonchev–Trinajstić information content (AvgIpc) is 2.50. The van der Waals surface area contributed by atoms with Crippen molar-refractivity contribution in [1.29, 1.82) is 0 Å². The van der Waals surface area contributed by atoms with E-state index < -0.39 is 5.82 Å². The highest BCUT2D eigenvalue weighted by molar-refractivity contribution is 9.10. The molecule has 116 valence electrons. The minimum absolute atomic E-state index is 0.0242. The first-order chi connectivity index (χ1) is 9.99. The fraction of sp³-hybridized carbons (Fsp3) is 0.462. The van der Waals surface area contributed by atoms with Gasteiger partial charge in [0.2, 0.25) is 0 Å². The molecule has 2 unspecified atom stereocenters. The Morgan fingerprint density at radius 2 is 2.33 bits per heavy atom. The van der Waals surface area contributed by atoms with Crippen LogP contribution < -0.4 is 10.6 Å². The largest absolute Gasteiger partial charge is 0.409 e. The molecule has 1 heterocycles. The number of oxime groups is 1. The van der Waals surface area contributed by atoms with Crippen LogP contribution in [0.4, 0.5) is 10.1 Å². The van der Waals surface area contributed by atoms with E-state index in [0.717, 1.165) is 0 Å². The lowest BCUT2D eigenvalue weighted by molar-refractivity contribution is -0.0105. The summed E-state index contributed by atoms with van der Waals surface area (Å²) in [5, 5.41) is 20.8. The van der Waals surface area contributed by atoms with Gasteiger partial charge < -0.3 is 25.7 Å². The van der Waals surface area contributed by atoms with Gasteiger partial charge in [-0.15, -0.1) is 0 Å². The highest BCUT2D eigenvalue weighted by Crippen LogP contribution is 2.32. The molecule has 1 fully saturated rings. The van der Waals surface area contributed by atoms with E-state index in [2.05, 4.69) is 21.1 Å². The molecule has 0 spiro atoms. The van der Waals surface area contributed by atoms with Crippen molar-refractivity contribution < 1.29 is 19.4 Å². The number of benzene rings is 1. The summed E-state index contributed by atoms with van der Waals surface area (Å²) in [5.74, 6) is -0.667. The molecule has 1 aliphatic rings. The number of nitrogens with two attached hydrogens (primary N) is 1. The van der Waals surface area contributed by atoms with Gasteiger partial charge in [0.15, 0.2) is 11.7 Å². The lowest BCUT2D eigenvalue weighted by Gasteiger charge is -2.39. The second-order valence-corrected chi connectivity index (χ2v) is 5.68. The van der Waals surface area contributed by atoms with Gasteiger partial charge in [-0.25, -0.2) is 4.39 Å².